The second kappa shape index (κ2) is 8.23. The predicted octanol–water partition coefficient (Wildman–Crippen LogP) is 3.39. The number of piperazine rings is 1. The fourth-order valence-corrected chi connectivity index (χ4v) is 5.00. The van der Waals surface area contributed by atoms with Gasteiger partial charge in [0.05, 0.1) is 5.75 Å². The Hall–Kier alpha value is -1.85. The third kappa shape index (κ3) is 4.46. The Kier molecular flexibility index (Phi) is 5.99. The van der Waals surface area contributed by atoms with E-state index < -0.39 is 10.0 Å². The maximum absolute atomic E-state index is 12.6. The average molecular weight is 373 g/mol. The van der Waals surface area contributed by atoms with Crippen LogP contribution in [0.1, 0.15) is 23.1 Å². The minimum Gasteiger partial charge on any atom is -0.369 e. The van der Waals surface area contributed by atoms with Crippen LogP contribution >= 0.6 is 0 Å². The van der Waals surface area contributed by atoms with E-state index in [2.05, 4.69) is 49.1 Å². The molecule has 1 saturated heterocycles. The summed E-state index contributed by atoms with van der Waals surface area (Å²) >= 11 is 0. The van der Waals surface area contributed by atoms with Crippen LogP contribution in [-0.2, 0) is 16.4 Å². The van der Waals surface area contributed by atoms with Gasteiger partial charge in [-0.1, -0.05) is 42.5 Å². The standard InChI is InChI=1S/C21H28N2O2S/c1-18-8-6-12-21(19(18)2)22-13-15-23(16-14-22)26(24,25)17-7-11-20-9-4-3-5-10-20/h3-6,8-10,12H,7,11,13-17H2,1-2H3. The van der Waals surface area contributed by atoms with Crippen LogP contribution in [-0.4, -0.2) is 44.7 Å². The van der Waals surface area contributed by atoms with E-state index in [9.17, 15) is 8.42 Å². The van der Waals surface area contributed by atoms with Gasteiger partial charge in [-0.15, -0.1) is 0 Å². The van der Waals surface area contributed by atoms with Gasteiger partial charge in [-0.2, -0.15) is 4.31 Å². The average Bonchev–Trinajstić information content (AvgIpc) is 2.65. The molecule has 0 amide bonds. The van der Waals surface area contributed by atoms with Gasteiger partial charge in [0.2, 0.25) is 10.0 Å². The van der Waals surface area contributed by atoms with Crippen molar-refractivity contribution >= 4 is 15.7 Å². The molecule has 0 aromatic heterocycles. The zero-order chi connectivity index (χ0) is 18.6. The lowest BCUT2D eigenvalue weighted by atomic mass is 10.1. The monoisotopic (exact) mass is 372 g/mol. The van der Waals surface area contributed by atoms with Crippen LogP contribution in [0.25, 0.3) is 0 Å². The molecule has 2 aromatic rings. The summed E-state index contributed by atoms with van der Waals surface area (Å²) in [5.41, 5.74) is 4.98. The summed E-state index contributed by atoms with van der Waals surface area (Å²) in [4.78, 5) is 2.30. The largest absolute Gasteiger partial charge is 0.369 e. The number of sulfonamides is 1. The van der Waals surface area contributed by atoms with Crippen molar-refractivity contribution in [3.63, 3.8) is 0 Å². The first-order valence-corrected chi connectivity index (χ1v) is 10.9. The van der Waals surface area contributed by atoms with E-state index in [-0.39, 0.29) is 5.75 Å². The molecule has 1 fully saturated rings. The first-order valence-electron chi connectivity index (χ1n) is 9.30. The van der Waals surface area contributed by atoms with Crippen molar-refractivity contribution < 1.29 is 8.42 Å². The molecular weight excluding hydrogens is 344 g/mol. The van der Waals surface area contributed by atoms with E-state index >= 15 is 0 Å². The van der Waals surface area contributed by atoms with Gasteiger partial charge in [0.25, 0.3) is 0 Å². The second-order valence-corrected chi connectivity index (χ2v) is 9.10. The summed E-state index contributed by atoms with van der Waals surface area (Å²) in [6.07, 6.45) is 1.48. The van der Waals surface area contributed by atoms with Gasteiger partial charge in [-0.3, -0.25) is 0 Å². The highest BCUT2D eigenvalue weighted by Crippen LogP contribution is 2.24. The van der Waals surface area contributed by atoms with Gasteiger partial charge >= 0.3 is 0 Å². The lowest BCUT2D eigenvalue weighted by Crippen LogP contribution is -2.49. The van der Waals surface area contributed by atoms with Crippen LogP contribution < -0.4 is 4.90 Å². The molecule has 140 valence electrons. The van der Waals surface area contributed by atoms with Crippen LogP contribution in [0, 0.1) is 13.8 Å². The van der Waals surface area contributed by atoms with Crippen LogP contribution in [0.4, 0.5) is 5.69 Å². The third-order valence-electron chi connectivity index (χ3n) is 5.26. The quantitative estimate of drug-likeness (QED) is 0.780. The SMILES string of the molecule is Cc1cccc(N2CCN(S(=O)(=O)CCCc3ccccc3)CC2)c1C. The maximum Gasteiger partial charge on any atom is 0.214 e. The molecule has 0 aliphatic carbocycles. The molecule has 1 aliphatic rings. The van der Waals surface area contributed by atoms with Crippen molar-refractivity contribution in [1.82, 2.24) is 4.31 Å². The Morgan fingerprint density at radius 1 is 0.885 bits per heavy atom. The van der Waals surface area contributed by atoms with E-state index in [1.54, 1.807) is 4.31 Å². The molecule has 5 heteroatoms. The summed E-state index contributed by atoms with van der Waals surface area (Å²) in [6.45, 7) is 6.90. The molecule has 4 nitrogen and oxygen atoms in total. The molecule has 1 aliphatic heterocycles. The predicted molar refractivity (Wildman–Crippen MR) is 108 cm³/mol. The lowest BCUT2D eigenvalue weighted by molar-refractivity contribution is 0.384. The summed E-state index contributed by atoms with van der Waals surface area (Å²) in [7, 11) is -3.17. The summed E-state index contributed by atoms with van der Waals surface area (Å²) in [5.74, 6) is 0.228. The number of anilines is 1. The highest BCUT2D eigenvalue weighted by atomic mass is 32.2. The third-order valence-corrected chi connectivity index (χ3v) is 7.22. The Morgan fingerprint density at radius 2 is 1.58 bits per heavy atom. The Labute approximate surface area is 157 Å². The molecule has 2 aromatic carbocycles. The van der Waals surface area contributed by atoms with Crippen molar-refractivity contribution in [2.75, 3.05) is 36.8 Å². The number of aryl methyl sites for hydroxylation is 2. The zero-order valence-electron chi connectivity index (χ0n) is 15.7. The summed E-state index contributed by atoms with van der Waals surface area (Å²) in [5, 5.41) is 0. The van der Waals surface area contributed by atoms with Crippen LogP contribution in [0.2, 0.25) is 0 Å². The topological polar surface area (TPSA) is 40.6 Å². The zero-order valence-corrected chi connectivity index (χ0v) is 16.5. The smallest absolute Gasteiger partial charge is 0.214 e. The second-order valence-electron chi connectivity index (χ2n) is 7.01. The normalized spacial score (nSPS) is 16.0. The Balaban J connectivity index is 1.54. The fourth-order valence-electron chi connectivity index (χ4n) is 3.52. The lowest BCUT2D eigenvalue weighted by Gasteiger charge is -2.36. The summed E-state index contributed by atoms with van der Waals surface area (Å²) in [6, 6.07) is 16.4. The van der Waals surface area contributed by atoms with E-state index in [0.29, 0.717) is 19.5 Å². The van der Waals surface area contributed by atoms with E-state index in [1.165, 1.54) is 22.4 Å². The van der Waals surface area contributed by atoms with E-state index in [0.717, 1.165) is 19.5 Å². The minimum absolute atomic E-state index is 0.228. The van der Waals surface area contributed by atoms with Crippen molar-refractivity contribution in [1.29, 1.82) is 0 Å². The van der Waals surface area contributed by atoms with Gasteiger partial charge in [-0.25, -0.2) is 8.42 Å². The maximum atomic E-state index is 12.6. The molecule has 0 N–H and O–H groups in total. The summed E-state index contributed by atoms with van der Waals surface area (Å²) < 4.78 is 27.0. The molecule has 0 unspecified atom stereocenters. The highest BCUT2D eigenvalue weighted by Gasteiger charge is 2.27. The number of nitrogens with zero attached hydrogens (tertiary/aromatic N) is 2. The van der Waals surface area contributed by atoms with Gasteiger partial charge in [0.1, 0.15) is 0 Å². The highest BCUT2D eigenvalue weighted by molar-refractivity contribution is 7.89. The first kappa shape index (κ1) is 18.9. The van der Waals surface area contributed by atoms with Gasteiger partial charge < -0.3 is 4.90 Å². The molecule has 0 bridgehead atoms. The molecule has 1 heterocycles. The van der Waals surface area contributed by atoms with Gasteiger partial charge in [-0.05, 0) is 49.4 Å². The van der Waals surface area contributed by atoms with Crippen molar-refractivity contribution in [2.45, 2.75) is 26.7 Å². The van der Waals surface area contributed by atoms with Crippen molar-refractivity contribution in [3.05, 3.63) is 65.2 Å². The molecule has 0 atom stereocenters. The van der Waals surface area contributed by atoms with Gasteiger partial charge in [0.15, 0.2) is 0 Å². The first-order chi connectivity index (χ1) is 12.5. The number of benzene rings is 2. The van der Waals surface area contributed by atoms with Crippen LogP contribution in [0.3, 0.4) is 0 Å². The molecule has 0 spiro atoms. The van der Waals surface area contributed by atoms with Crippen molar-refractivity contribution in [3.8, 4) is 0 Å². The molecule has 3 rings (SSSR count). The Morgan fingerprint density at radius 3 is 2.27 bits per heavy atom. The number of hydrogen-bond donors (Lipinski definition) is 0. The molecule has 0 saturated carbocycles. The fraction of sp³-hybridized carbons (Fsp3) is 0.429. The van der Waals surface area contributed by atoms with E-state index in [4.69, 9.17) is 0 Å². The number of rotatable bonds is 6. The molecular formula is C21H28N2O2S. The Bertz CT molecular complexity index is 826. The molecule has 0 radical (unpaired) electrons. The van der Waals surface area contributed by atoms with Crippen LogP contribution in [0.5, 0.6) is 0 Å². The van der Waals surface area contributed by atoms with Gasteiger partial charge in [0, 0.05) is 31.9 Å². The minimum atomic E-state index is -3.17. The van der Waals surface area contributed by atoms with E-state index in [1.807, 2.05) is 18.2 Å². The molecule has 26 heavy (non-hydrogen) atoms. The van der Waals surface area contributed by atoms with Crippen LogP contribution in [0.15, 0.2) is 48.5 Å². The number of hydrogen-bond acceptors (Lipinski definition) is 3. The van der Waals surface area contributed by atoms with Crippen molar-refractivity contribution in [2.24, 2.45) is 0 Å².